The van der Waals surface area contributed by atoms with Crippen LogP contribution in [0, 0.1) is 13.8 Å². The summed E-state index contributed by atoms with van der Waals surface area (Å²) in [5, 5.41) is 3.83. The largest absolute Gasteiger partial charge is 0.487 e. The van der Waals surface area contributed by atoms with Crippen LogP contribution in [0.5, 0.6) is 5.75 Å². The first-order valence-corrected chi connectivity index (χ1v) is 6.19. The second-order valence-corrected chi connectivity index (χ2v) is 4.68. The van der Waals surface area contributed by atoms with Crippen LogP contribution >= 0.6 is 11.6 Å². The van der Waals surface area contributed by atoms with Crippen LogP contribution in [-0.4, -0.2) is 13.2 Å². The van der Waals surface area contributed by atoms with Gasteiger partial charge in [0.15, 0.2) is 0 Å². The van der Waals surface area contributed by atoms with Gasteiger partial charge in [-0.25, -0.2) is 0 Å². The van der Waals surface area contributed by atoms with E-state index in [1.807, 2.05) is 0 Å². The smallest absolute Gasteiger partial charge is 0.125 e. The van der Waals surface area contributed by atoms with Crippen LogP contribution < -0.4 is 10.1 Å². The lowest BCUT2D eigenvalue weighted by Gasteiger charge is -2.14. The first-order valence-electron chi connectivity index (χ1n) is 5.81. The van der Waals surface area contributed by atoms with E-state index in [4.69, 9.17) is 16.3 Å². The van der Waals surface area contributed by atoms with E-state index in [0.717, 1.165) is 30.0 Å². The lowest BCUT2D eigenvalue weighted by molar-refractivity contribution is 0.354. The van der Waals surface area contributed by atoms with Crippen molar-refractivity contribution in [3.63, 3.8) is 0 Å². The SMILES string of the molecule is C=C(Cl)COc1c(C)cc(CNCC)cc1C. The minimum absolute atomic E-state index is 0.357. The number of hydrogen-bond acceptors (Lipinski definition) is 2. The monoisotopic (exact) mass is 253 g/mol. The fourth-order valence-corrected chi connectivity index (χ4v) is 1.84. The van der Waals surface area contributed by atoms with Gasteiger partial charge >= 0.3 is 0 Å². The van der Waals surface area contributed by atoms with Gasteiger partial charge in [-0.15, -0.1) is 0 Å². The van der Waals surface area contributed by atoms with Gasteiger partial charge in [0, 0.05) is 11.6 Å². The molecule has 0 unspecified atom stereocenters. The Kier molecular flexibility index (Phi) is 5.52. The highest BCUT2D eigenvalue weighted by molar-refractivity contribution is 6.29. The molecular weight excluding hydrogens is 234 g/mol. The predicted molar refractivity (Wildman–Crippen MR) is 73.8 cm³/mol. The maximum Gasteiger partial charge on any atom is 0.125 e. The second kappa shape index (κ2) is 6.67. The van der Waals surface area contributed by atoms with E-state index in [9.17, 15) is 0 Å². The molecule has 0 amide bonds. The van der Waals surface area contributed by atoms with E-state index in [2.05, 4.69) is 44.8 Å². The van der Waals surface area contributed by atoms with Crippen molar-refractivity contribution in [2.45, 2.75) is 27.3 Å². The zero-order valence-corrected chi connectivity index (χ0v) is 11.5. The van der Waals surface area contributed by atoms with Gasteiger partial charge in [0.2, 0.25) is 0 Å². The molecule has 0 heterocycles. The van der Waals surface area contributed by atoms with Crippen LogP contribution in [0.1, 0.15) is 23.6 Å². The molecule has 0 fully saturated rings. The quantitative estimate of drug-likeness (QED) is 0.837. The Morgan fingerprint density at radius 3 is 2.41 bits per heavy atom. The predicted octanol–water partition coefficient (Wildman–Crippen LogP) is 3.54. The topological polar surface area (TPSA) is 21.3 Å². The van der Waals surface area contributed by atoms with Crippen LogP contribution in [0.2, 0.25) is 0 Å². The van der Waals surface area contributed by atoms with Crippen LogP contribution in [0.15, 0.2) is 23.7 Å². The van der Waals surface area contributed by atoms with E-state index in [1.54, 1.807) is 0 Å². The maximum absolute atomic E-state index is 5.70. The molecule has 1 aromatic carbocycles. The molecule has 1 rings (SSSR count). The average molecular weight is 254 g/mol. The van der Waals surface area contributed by atoms with Crippen molar-refractivity contribution in [1.29, 1.82) is 0 Å². The Labute approximate surface area is 109 Å². The third-order valence-electron chi connectivity index (χ3n) is 2.47. The lowest BCUT2D eigenvalue weighted by Crippen LogP contribution is -2.12. The van der Waals surface area contributed by atoms with E-state index in [1.165, 1.54) is 5.56 Å². The van der Waals surface area contributed by atoms with Crippen molar-refractivity contribution in [2.75, 3.05) is 13.2 Å². The highest BCUT2D eigenvalue weighted by atomic mass is 35.5. The molecular formula is C14H20ClNO. The summed E-state index contributed by atoms with van der Waals surface area (Å²) in [6.45, 7) is 12.0. The molecule has 1 N–H and O–H groups in total. The van der Waals surface area contributed by atoms with Gasteiger partial charge in [-0.3, -0.25) is 0 Å². The summed E-state index contributed by atoms with van der Waals surface area (Å²) in [7, 11) is 0. The Morgan fingerprint density at radius 2 is 1.94 bits per heavy atom. The van der Waals surface area contributed by atoms with Gasteiger partial charge in [-0.2, -0.15) is 0 Å². The third-order valence-corrected chi connectivity index (χ3v) is 2.58. The molecule has 1 aromatic rings. The summed E-state index contributed by atoms with van der Waals surface area (Å²) in [5.41, 5.74) is 3.55. The molecule has 2 nitrogen and oxygen atoms in total. The fraction of sp³-hybridized carbons (Fsp3) is 0.429. The first-order chi connectivity index (χ1) is 8.04. The zero-order chi connectivity index (χ0) is 12.8. The Balaban J connectivity index is 2.82. The summed E-state index contributed by atoms with van der Waals surface area (Å²) in [4.78, 5) is 0. The van der Waals surface area contributed by atoms with E-state index < -0.39 is 0 Å². The summed E-state index contributed by atoms with van der Waals surface area (Å²) in [6, 6.07) is 4.28. The minimum Gasteiger partial charge on any atom is -0.487 e. The van der Waals surface area contributed by atoms with Gasteiger partial charge in [0.1, 0.15) is 12.4 Å². The summed E-state index contributed by atoms with van der Waals surface area (Å²) >= 11 is 5.70. The number of nitrogens with one attached hydrogen (secondary N) is 1. The molecule has 3 heteroatoms. The van der Waals surface area contributed by atoms with Gasteiger partial charge < -0.3 is 10.1 Å². The van der Waals surface area contributed by atoms with Gasteiger partial charge in [-0.05, 0) is 37.1 Å². The molecule has 0 radical (unpaired) electrons. The van der Waals surface area contributed by atoms with Crippen LogP contribution in [0.25, 0.3) is 0 Å². The normalized spacial score (nSPS) is 10.4. The summed E-state index contributed by atoms with van der Waals surface area (Å²) < 4.78 is 5.64. The van der Waals surface area contributed by atoms with Crippen LogP contribution in [0.3, 0.4) is 0 Å². The summed E-state index contributed by atoms with van der Waals surface area (Å²) in [6.07, 6.45) is 0. The van der Waals surface area contributed by atoms with E-state index in [0.29, 0.717) is 11.6 Å². The number of ether oxygens (including phenoxy) is 1. The minimum atomic E-state index is 0.357. The number of rotatable bonds is 6. The number of halogens is 1. The number of benzene rings is 1. The van der Waals surface area contributed by atoms with Crippen LogP contribution in [0.4, 0.5) is 0 Å². The van der Waals surface area contributed by atoms with Crippen molar-refractivity contribution in [3.8, 4) is 5.75 Å². The standard InChI is InChI=1S/C14H20ClNO/c1-5-16-8-13-6-10(2)14(11(3)7-13)17-9-12(4)15/h6-7,16H,4-5,8-9H2,1-3H3. The fourth-order valence-electron chi connectivity index (χ4n) is 1.79. The van der Waals surface area contributed by atoms with Gasteiger partial charge in [0.05, 0.1) is 0 Å². The Bertz CT molecular complexity index is 378. The van der Waals surface area contributed by atoms with Gasteiger partial charge in [-0.1, -0.05) is 37.2 Å². The third kappa shape index (κ3) is 4.41. The van der Waals surface area contributed by atoms with Crippen molar-refractivity contribution in [2.24, 2.45) is 0 Å². The highest BCUT2D eigenvalue weighted by Gasteiger charge is 2.06. The highest BCUT2D eigenvalue weighted by Crippen LogP contribution is 2.25. The Hall–Kier alpha value is -0.990. The molecule has 0 aromatic heterocycles. The second-order valence-electron chi connectivity index (χ2n) is 4.15. The van der Waals surface area contributed by atoms with Crippen molar-refractivity contribution >= 4 is 11.6 Å². The number of hydrogen-bond donors (Lipinski definition) is 1. The van der Waals surface area contributed by atoms with Crippen molar-refractivity contribution < 1.29 is 4.74 Å². The first kappa shape index (κ1) is 14.1. The Morgan fingerprint density at radius 1 is 1.35 bits per heavy atom. The molecule has 0 atom stereocenters. The molecule has 0 aliphatic heterocycles. The molecule has 0 aliphatic rings. The maximum atomic E-state index is 5.70. The van der Waals surface area contributed by atoms with E-state index in [-0.39, 0.29) is 0 Å². The van der Waals surface area contributed by atoms with E-state index >= 15 is 0 Å². The average Bonchev–Trinajstić information content (AvgIpc) is 2.24. The molecule has 0 saturated carbocycles. The van der Waals surface area contributed by atoms with Crippen molar-refractivity contribution in [3.05, 3.63) is 40.4 Å². The van der Waals surface area contributed by atoms with Gasteiger partial charge in [0.25, 0.3) is 0 Å². The van der Waals surface area contributed by atoms with Crippen LogP contribution in [-0.2, 0) is 6.54 Å². The molecule has 0 saturated heterocycles. The lowest BCUT2D eigenvalue weighted by atomic mass is 10.1. The number of aryl methyl sites for hydroxylation is 2. The zero-order valence-electron chi connectivity index (χ0n) is 10.8. The van der Waals surface area contributed by atoms with Crippen molar-refractivity contribution in [1.82, 2.24) is 5.32 Å². The summed E-state index contributed by atoms with van der Waals surface area (Å²) in [5.74, 6) is 0.909. The molecule has 0 bridgehead atoms. The molecule has 17 heavy (non-hydrogen) atoms. The molecule has 0 aliphatic carbocycles. The molecule has 94 valence electrons. The molecule has 0 spiro atoms.